The number of benzene rings is 1. The van der Waals surface area contributed by atoms with Gasteiger partial charge in [-0.2, -0.15) is 0 Å². The monoisotopic (exact) mass is 439 g/mol. The Morgan fingerprint density at radius 1 is 1.15 bits per heavy atom. The molecule has 1 aliphatic rings. The zero-order valence-corrected chi connectivity index (χ0v) is 16.5. The second kappa shape index (κ2) is 10.1. The summed E-state index contributed by atoms with van der Waals surface area (Å²) >= 11 is 3.27. The number of rotatable bonds is 6. The van der Waals surface area contributed by atoms with Gasteiger partial charge in [-0.05, 0) is 44.0 Å². The predicted molar refractivity (Wildman–Crippen MR) is 101 cm³/mol. The minimum absolute atomic E-state index is 0.0736. The molecule has 0 aliphatic heterocycles. The highest BCUT2D eigenvalue weighted by Gasteiger charge is 2.22. The highest BCUT2D eigenvalue weighted by molar-refractivity contribution is 9.10. The lowest BCUT2D eigenvalue weighted by Crippen LogP contribution is -2.47. The lowest BCUT2D eigenvalue weighted by molar-refractivity contribution is -0.153. The third kappa shape index (κ3) is 7.01. The van der Waals surface area contributed by atoms with E-state index in [0.717, 1.165) is 30.2 Å². The fourth-order valence-corrected chi connectivity index (χ4v) is 2.92. The lowest BCUT2D eigenvalue weighted by atomic mass is 10.2. The summed E-state index contributed by atoms with van der Waals surface area (Å²) in [6.45, 7) is 0.966. The molecule has 1 saturated carbocycles. The molecule has 1 fully saturated rings. The minimum Gasteiger partial charge on any atom is -0.451 e. The molecule has 4 amide bonds. The molecule has 0 saturated heterocycles. The van der Waals surface area contributed by atoms with Crippen molar-refractivity contribution in [1.29, 1.82) is 0 Å². The van der Waals surface area contributed by atoms with E-state index >= 15 is 0 Å². The van der Waals surface area contributed by atoms with Gasteiger partial charge in [0, 0.05) is 16.1 Å². The van der Waals surface area contributed by atoms with Crippen LogP contribution in [0.2, 0.25) is 0 Å². The van der Waals surface area contributed by atoms with Gasteiger partial charge in [-0.15, -0.1) is 0 Å². The van der Waals surface area contributed by atoms with Gasteiger partial charge in [0.25, 0.3) is 11.8 Å². The number of esters is 1. The molecule has 1 aromatic carbocycles. The number of amides is 4. The summed E-state index contributed by atoms with van der Waals surface area (Å²) < 4.78 is 5.76. The Kier molecular flexibility index (Phi) is 7.78. The van der Waals surface area contributed by atoms with Gasteiger partial charge >= 0.3 is 12.0 Å². The van der Waals surface area contributed by atoms with Crippen LogP contribution in [0.1, 0.15) is 43.0 Å². The highest BCUT2D eigenvalue weighted by atomic mass is 79.9. The summed E-state index contributed by atoms with van der Waals surface area (Å²) in [5.41, 5.74) is 0.389. The Hall–Kier alpha value is -2.42. The van der Waals surface area contributed by atoms with Crippen LogP contribution < -0.4 is 16.0 Å². The van der Waals surface area contributed by atoms with Gasteiger partial charge in [-0.25, -0.2) is 4.79 Å². The molecular weight excluding hydrogens is 418 g/mol. The molecule has 1 aromatic rings. The molecule has 2 rings (SSSR count). The van der Waals surface area contributed by atoms with Gasteiger partial charge in [0.1, 0.15) is 6.54 Å². The van der Waals surface area contributed by atoms with E-state index in [0.29, 0.717) is 5.56 Å². The van der Waals surface area contributed by atoms with Crippen molar-refractivity contribution in [1.82, 2.24) is 16.0 Å². The zero-order valence-electron chi connectivity index (χ0n) is 14.9. The van der Waals surface area contributed by atoms with Crippen molar-refractivity contribution in [2.75, 3.05) is 6.54 Å². The van der Waals surface area contributed by atoms with Crippen molar-refractivity contribution in [3.05, 3.63) is 34.3 Å². The number of ether oxygens (including phenoxy) is 1. The molecule has 146 valence electrons. The molecule has 0 heterocycles. The SMILES string of the molecule is CC(OC(=O)CNC(=O)c1ccc(Br)cc1)C(=O)NC(=O)NC1CCCC1. The molecule has 3 N–H and O–H groups in total. The number of hydrogen-bond acceptors (Lipinski definition) is 5. The third-order valence-corrected chi connectivity index (χ3v) is 4.63. The molecule has 1 unspecified atom stereocenters. The fourth-order valence-electron chi connectivity index (χ4n) is 2.65. The van der Waals surface area contributed by atoms with E-state index in [1.54, 1.807) is 24.3 Å². The first-order chi connectivity index (χ1) is 12.8. The molecule has 0 radical (unpaired) electrons. The maximum Gasteiger partial charge on any atom is 0.326 e. The van der Waals surface area contributed by atoms with Gasteiger partial charge in [-0.1, -0.05) is 28.8 Å². The number of imide groups is 1. The molecule has 0 bridgehead atoms. The predicted octanol–water partition coefficient (Wildman–Crippen LogP) is 1.88. The summed E-state index contributed by atoms with van der Waals surface area (Å²) in [6, 6.07) is 6.09. The minimum atomic E-state index is -1.16. The topological polar surface area (TPSA) is 114 Å². The Morgan fingerprint density at radius 2 is 1.78 bits per heavy atom. The first kappa shape index (κ1) is 20.9. The van der Waals surface area contributed by atoms with E-state index in [4.69, 9.17) is 4.74 Å². The average molecular weight is 440 g/mol. The second-order valence-electron chi connectivity index (χ2n) is 6.27. The summed E-state index contributed by atoms with van der Waals surface area (Å²) in [7, 11) is 0. The maximum absolute atomic E-state index is 11.9. The van der Waals surface area contributed by atoms with Crippen LogP contribution in [-0.4, -0.2) is 42.5 Å². The van der Waals surface area contributed by atoms with Crippen molar-refractivity contribution >= 4 is 39.7 Å². The van der Waals surface area contributed by atoms with E-state index in [1.165, 1.54) is 6.92 Å². The van der Waals surface area contributed by atoms with Crippen LogP contribution in [0.4, 0.5) is 4.79 Å². The largest absolute Gasteiger partial charge is 0.451 e. The normalized spacial score (nSPS) is 14.9. The number of halogens is 1. The van der Waals surface area contributed by atoms with E-state index in [-0.39, 0.29) is 12.6 Å². The van der Waals surface area contributed by atoms with Crippen molar-refractivity contribution < 1.29 is 23.9 Å². The Bertz CT molecular complexity index is 701. The lowest BCUT2D eigenvalue weighted by Gasteiger charge is -2.15. The fraction of sp³-hybridized carbons (Fsp3) is 0.444. The summed E-state index contributed by atoms with van der Waals surface area (Å²) in [4.78, 5) is 47.4. The van der Waals surface area contributed by atoms with Gasteiger partial charge < -0.3 is 15.4 Å². The summed E-state index contributed by atoms with van der Waals surface area (Å²) in [5, 5.41) is 7.27. The summed E-state index contributed by atoms with van der Waals surface area (Å²) in [6.07, 6.45) is 2.74. The number of nitrogens with one attached hydrogen (secondary N) is 3. The first-order valence-electron chi connectivity index (χ1n) is 8.69. The van der Waals surface area contributed by atoms with E-state index in [9.17, 15) is 19.2 Å². The third-order valence-electron chi connectivity index (χ3n) is 4.10. The van der Waals surface area contributed by atoms with Crippen LogP contribution in [0.15, 0.2) is 28.7 Å². The van der Waals surface area contributed by atoms with Gasteiger partial charge in [-0.3, -0.25) is 19.7 Å². The van der Waals surface area contributed by atoms with Crippen LogP contribution in [0, 0.1) is 0 Å². The number of carbonyl (C=O) groups is 4. The number of carbonyl (C=O) groups excluding carboxylic acids is 4. The van der Waals surface area contributed by atoms with Crippen LogP contribution in [0.25, 0.3) is 0 Å². The van der Waals surface area contributed by atoms with E-state index in [2.05, 4.69) is 31.9 Å². The van der Waals surface area contributed by atoms with Gasteiger partial charge in [0.15, 0.2) is 6.10 Å². The van der Waals surface area contributed by atoms with E-state index in [1.807, 2.05) is 0 Å². The molecule has 1 aliphatic carbocycles. The quantitative estimate of drug-likeness (QED) is 0.585. The number of urea groups is 1. The Balaban J connectivity index is 1.70. The van der Waals surface area contributed by atoms with Crippen molar-refractivity contribution in [2.24, 2.45) is 0 Å². The molecule has 9 heteroatoms. The molecular formula is C18H22BrN3O5. The van der Waals surface area contributed by atoms with Crippen LogP contribution in [0.3, 0.4) is 0 Å². The van der Waals surface area contributed by atoms with Crippen molar-refractivity contribution in [3.8, 4) is 0 Å². The first-order valence-corrected chi connectivity index (χ1v) is 9.49. The molecule has 0 spiro atoms. The van der Waals surface area contributed by atoms with Crippen LogP contribution in [0.5, 0.6) is 0 Å². The van der Waals surface area contributed by atoms with E-state index < -0.39 is 29.9 Å². The molecule has 27 heavy (non-hydrogen) atoms. The van der Waals surface area contributed by atoms with Crippen LogP contribution in [-0.2, 0) is 14.3 Å². The van der Waals surface area contributed by atoms with Gasteiger partial charge in [0.05, 0.1) is 0 Å². The maximum atomic E-state index is 11.9. The Labute approximate surface area is 165 Å². The summed E-state index contributed by atoms with van der Waals surface area (Å²) in [5.74, 6) is -1.94. The molecule has 0 aromatic heterocycles. The number of hydrogen-bond donors (Lipinski definition) is 3. The van der Waals surface area contributed by atoms with Crippen LogP contribution >= 0.6 is 15.9 Å². The van der Waals surface area contributed by atoms with Gasteiger partial charge in [0.2, 0.25) is 0 Å². The standard InChI is InChI=1S/C18H22BrN3O5/c1-11(16(24)22-18(26)21-14-4-2-3-5-14)27-15(23)10-20-17(25)12-6-8-13(19)9-7-12/h6-9,11,14H,2-5,10H2,1H3,(H,20,25)(H2,21,22,24,26). The smallest absolute Gasteiger partial charge is 0.326 e. The highest BCUT2D eigenvalue weighted by Crippen LogP contribution is 2.17. The van der Waals surface area contributed by atoms with Crippen molar-refractivity contribution in [3.63, 3.8) is 0 Å². The Morgan fingerprint density at radius 3 is 2.41 bits per heavy atom. The van der Waals surface area contributed by atoms with Crippen molar-refractivity contribution in [2.45, 2.75) is 44.8 Å². The zero-order chi connectivity index (χ0) is 19.8. The molecule has 1 atom stereocenters. The molecule has 8 nitrogen and oxygen atoms in total. The average Bonchev–Trinajstić information content (AvgIpc) is 3.13. The second-order valence-corrected chi connectivity index (χ2v) is 7.18.